The van der Waals surface area contributed by atoms with Gasteiger partial charge in [-0.2, -0.15) is 0 Å². The number of halogens is 1. The number of carbonyl (C=O) groups is 2. The van der Waals surface area contributed by atoms with E-state index in [1.165, 1.54) is 43.2 Å². The molecule has 3 aromatic rings. The van der Waals surface area contributed by atoms with Gasteiger partial charge in [0.25, 0.3) is 15.7 Å². The van der Waals surface area contributed by atoms with E-state index in [9.17, 15) is 28.1 Å². The Balaban J connectivity index is 2.09. The number of rotatable bonds is 15. The van der Waals surface area contributed by atoms with Crippen molar-refractivity contribution in [3.8, 4) is 5.75 Å². The SMILES string of the molecule is CCCCNC(=O)C(CC)N(Cc1ccc(Cl)cc1)C(=O)CN(c1ccc(OC)cc1)S(=O)(=O)c1ccc(C)c([N+](=O)[O-])c1. The van der Waals surface area contributed by atoms with Crippen LogP contribution in [0.1, 0.15) is 44.2 Å². The monoisotopic (exact) mass is 644 g/mol. The fourth-order valence-corrected chi connectivity index (χ4v) is 6.12. The van der Waals surface area contributed by atoms with Gasteiger partial charge in [0, 0.05) is 29.7 Å². The van der Waals surface area contributed by atoms with Gasteiger partial charge in [0.2, 0.25) is 11.8 Å². The van der Waals surface area contributed by atoms with E-state index in [2.05, 4.69) is 5.32 Å². The standard InChI is InChI=1S/C31H37ClN4O7S/c1-5-7-18-33-31(38)28(6-2)34(20-23-9-11-24(32)12-10-23)30(37)21-35(25-13-15-26(43-4)16-14-25)44(41,42)27-17-8-22(3)29(19-27)36(39)40/h8-17,19,28H,5-7,18,20-21H2,1-4H3,(H,33,38). The van der Waals surface area contributed by atoms with Crippen LogP contribution in [-0.2, 0) is 26.2 Å². The van der Waals surface area contributed by atoms with Gasteiger partial charge in [0.1, 0.15) is 18.3 Å². The van der Waals surface area contributed by atoms with Gasteiger partial charge < -0.3 is 15.0 Å². The number of anilines is 1. The summed E-state index contributed by atoms with van der Waals surface area (Å²) in [4.78, 5) is 39.4. The summed E-state index contributed by atoms with van der Waals surface area (Å²) >= 11 is 6.06. The first-order chi connectivity index (χ1) is 20.9. The zero-order valence-electron chi connectivity index (χ0n) is 25.2. The Morgan fingerprint density at radius 1 is 1.05 bits per heavy atom. The molecule has 0 bridgehead atoms. The largest absolute Gasteiger partial charge is 0.497 e. The molecule has 0 aliphatic rings. The van der Waals surface area contributed by atoms with Gasteiger partial charge in [0.05, 0.1) is 22.6 Å². The molecule has 3 aromatic carbocycles. The number of sulfonamides is 1. The second-order valence-electron chi connectivity index (χ2n) is 10.1. The van der Waals surface area contributed by atoms with Gasteiger partial charge in [0.15, 0.2) is 0 Å². The maximum absolute atomic E-state index is 14.1. The highest BCUT2D eigenvalue weighted by atomic mass is 35.5. The van der Waals surface area contributed by atoms with Crippen LogP contribution in [0.4, 0.5) is 11.4 Å². The molecule has 0 heterocycles. The molecule has 0 aliphatic carbocycles. The van der Waals surface area contributed by atoms with Crippen LogP contribution in [0.3, 0.4) is 0 Å². The lowest BCUT2D eigenvalue weighted by atomic mass is 10.1. The summed E-state index contributed by atoms with van der Waals surface area (Å²) < 4.78 is 34.3. The summed E-state index contributed by atoms with van der Waals surface area (Å²) in [5.74, 6) is -0.530. The van der Waals surface area contributed by atoms with Crippen LogP contribution < -0.4 is 14.4 Å². The van der Waals surface area contributed by atoms with Gasteiger partial charge in [-0.3, -0.25) is 24.0 Å². The van der Waals surface area contributed by atoms with Crippen LogP contribution in [0.2, 0.25) is 5.02 Å². The molecule has 0 spiro atoms. The third-order valence-electron chi connectivity index (χ3n) is 7.09. The molecule has 2 amide bonds. The number of carbonyl (C=O) groups excluding carboxylic acids is 2. The molecule has 13 heteroatoms. The Morgan fingerprint density at radius 3 is 2.27 bits per heavy atom. The van der Waals surface area contributed by atoms with Gasteiger partial charge >= 0.3 is 0 Å². The van der Waals surface area contributed by atoms with E-state index in [1.807, 2.05) is 6.92 Å². The van der Waals surface area contributed by atoms with Crippen molar-refractivity contribution < 1.29 is 27.7 Å². The molecule has 1 unspecified atom stereocenters. The van der Waals surface area contributed by atoms with Crippen molar-refractivity contribution in [1.82, 2.24) is 10.2 Å². The average Bonchev–Trinajstić information content (AvgIpc) is 3.00. The lowest BCUT2D eigenvalue weighted by molar-refractivity contribution is -0.385. The lowest BCUT2D eigenvalue weighted by Crippen LogP contribution is -2.52. The van der Waals surface area contributed by atoms with Crippen molar-refractivity contribution in [2.24, 2.45) is 0 Å². The summed E-state index contributed by atoms with van der Waals surface area (Å²) in [6.07, 6.45) is 1.91. The summed E-state index contributed by atoms with van der Waals surface area (Å²) in [5, 5.41) is 15.0. The number of nitro benzene ring substituents is 1. The van der Waals surface area contributed by atoms with E-state index >= 15 is 0 Å². The zero-order valence-corrected chi connectivity index (χ0v) is 26.7. The van der Waals surface area contributed by atoms with Crippen molar-refractivity contribution in [3.05, 3.63) is 93.0 Å². The van der Waals surface area contributed by atoms with E-state index < -0.39 is 33.4 Å². The van der Waals surface area contributed by atoms with E-state index in [-0.39, 0.29) is 40.7 Å². The number of aryl methyl sites for hydroxylation is 1. The Labute approximate surface area is 263 Å². The van der Waals surface area contributed by atoms with Crippen LogP contribution in [0.25, 0.3) is 0 Å². The van der Waals surface area contributed by atoms with Crippen molar-refractivity contribution >= 4 is 44.8 Å². The number of benzene rings is 3. The van der Waals surface area contributed by atoms with Crippen molar-refractivity contribution in [3.63, 3.8) is 0 Å². The molecule has 3 rings (SSSR count). The maximum Gasteiger partial charge on any atom is 0.273 e. The molecular formula is C31H37ClN4O7S. The third-order valence-corrected chi connectivity index (χ3v) is 9.11. The maximum atomic E-state index is 14.1. The van der Waals surface area contributed by atoms with Gasteiger partial charge in [-0.15, -0.1) is 0 Å². The third kappa shape index (κ3) is 8.48. The Kier molecular flexibility index (Phi) is 12.1. The van der Waals surface area contributed by atoms with Crippen molar-refractivity contribution in [2.45, 2.75) is 57.5 Å². The second-order valence-corrected chi connectivity index (χ2v) is 12.4. The number of hydrogen-bond acceptors (Lipinski definition) is 7. The van der Waals surface area contributed by atoms with E-state index in [0.717, 1.165) is 23.2 Å². The smallest absolute Gasteiger partial charge is 0.273 e. The summed E-state index contributed by atoms with van der Waals surface area (Å²) in [6, 6.07) is 15.5. The van der Waals surface area contributed by atoms with Gasteiger partial charge in [-0.25, -0.2) is 8.42 Å². The fourth-order valence-electron chi connectivity index (χ4n) is 4.56. The first kappa shape index (κ1) is 34.3. The molecular weight excluding hydrogens is 608 g/mol. The lowest BCUT2D eigenvalue weighted by Gasteiger charge is -2.33. The molecule has 44 heavy (non-hydrogen) atoms. The van der Waals surface area contributed by atoms with Crippen LogP contribution in [0, 0.1) is 17.0 Å². The molecule has 0 saturated carbocycles. The molecule has 0 saturated heterocycles. The number of amides is 2. The van der Waals surface area contributed by atoms with E-state index in [0.29, 0.717) is 22.9 Å². The number of nitro groups is 1. The predicted octanol–water partition coefficient (Wildman–Crippen LogP) is 5.48. The number of hydrogen-bond donors (Lipinski definition) is 1. The molecule has 0 aliphatic heterocycles. The number of unbranched alkanes of at least 4 members (excludes halogenated alkanes) is 1. The van der Waals surface area contributed by atoms with Crippen LogP contribution >= 0.6 is 11.6 Å². The molecule has 0 radical (unpaired) electrons. The van der Waals surface area contributed by atoms with Crippen molar-refractivity contribution in [1.29, 1.82) is 0 Å². The summed E-state index contributed by atoms with van der Waals surface area (Å²) in [5.41, 5.74) is 0.742. The molecule has 0 aromatic heterocycles. The van der Waals surface area contributed by atoms with Gasteiger partial charge in [-0.1, -0.05) is 50.1 Å². The molecule has 236 valence electrons. The molecule has 0 fully saturated rings. The minimum atomic E-state index is -4.50. The first-order valence-electron chi connectivity index (χ1n) is 14.2. The summed E-state index contributed by atoms with van der Waals surface area (Å²) in [7, 11) is -3.04. The molecule has 1 N–H and O–H groups in total. The normalized spacial score (nSPS) is 11.8. The van der Waals surface area contributed by atoms with Gasteiger partial charge in [-0.05, 0) is 67.8 Å². The fraction of sp³-hybridized carbons (Fsp3) is 0.355. The highest BCUT2D eigenvalue weighted by Crippen LogP contribution is 2.29. The molecule has 1 atom stereocenters. The first-order valence-corrected chi connectivity index (χ1v) is 16.0. The number of methoxy groups -OCH3 is 1. The minimum Gasteiger partial charge on any atom is -0.497 e. The number of ether oxygens (including phenoxy) is 1. The second kappa shape index (κ2) is 15.5. The summed E-state index contributed by atoms with van der Waals surface area (Å²) in [6.45, 7) is 5.05. The minimum absolute atomic E-state index is 0.0161. The Hall–Kier alpha value is -4.16. The van der Waals surface area contributed by atoms with E-state index in [4.69, 9.17) is 16.3 Å². The molecule has 11 nitrogen and oxygen atoms in total. The van der Waals surface area contributed by atoms with Crippen LogP contribution in [0.5, 0.6) is 5.75 Å². The van der Waals surface area contributed by atoms with Crippen molar-refractivity contribution in [2.75, 3.05) is 24.5 Å². The Morgan fingerprint density at radius 2 is 1.70 bits per heavy atom. The van der Waals surface area contributed by atoms with Crippen LogP contribution in [-0.4, -0.2) is 56.3 Å². The topological polar surface area (TPSA) is 139 Å². The quantitative estimate of drug-likeness (QED) is 0.131. The number of nitrogens with one attached hydrogen (secondary N) is 1. The highest BCUT2D eigenvalue weighted by molar-refractivity contribution is 7.92. The number of nitrogens with zero attached hydrogens (tertiary/aromatic N) is 3. The van der Waals surface area contributed by atoms with E-state index in [1.54, 1.807) is 43.3 Å². The highest BCUT2D eigenvalue weighted by Gasteiger charge is 2.34. The predicted molar refractivity (Wildman–Crippen MR) is 169 cm³/mol. The zero-order chi connectivity index (χ0) is 32.4. The average molecular weight is 645 g/mol. The van der Waals surface area contributed by atoms with Crippen LogP contribution in [0.15, 0.2) is 71.6 Å². The Bertz CT molecular complexity index is 1560.